The number of rotatable bonds is 4. The van der Waals surface area contributed by atoms with Crippen LogP contribution in [0.1, 0.15) is 12.1 Å². The Morgan fingerprint density at radius 1 is 1.62 bits per heavy atom. The maximum Gasteiger partial charge on any atom is 0.0507 e. The maximum absolute atomic E-state index is 5.30. The summed E-state index contributed by atoms with van der Waals surface area (Å²) in [4.78, 5) is 3.17. The highest BCUT2D eigenvalue weighted by atomic mass is 16.5. The molecule has 0 amide bonds. The summed E-state index contributed by atoms with van der Waals surface area (Å²) in [6.07, 6.45) is 3.16. The van der Waals surface area contributed by atoms with Crippen LogP contribution in [0.25, 0.3) is 0 Å². The Kier molecular flexibility index (Phi) is 3.00. The van der Waals surface area contributed by atoms with Crippen molar-refractivity contribution in [2.75, 3.05) is 19.8 Å². The molecule has 1 aromatic rings. The maximum atomic E-state index is 5.30. The van der Waals surface area contributed by atoms with Crippen LogP contribution in [-0.2, 0) is 11.3 Å². The number of nitrogens with one attached hydrogen (secondary N) is 2. The van der Waals surface area contributed by atoms with Crippen molar-refractivity contribution in [2.45, 2.75) is 13.0 Å². The number of hydrogen-bond acceptors (Lipinski definition) is 2. The summed E-state index contributed by atoms with van der Waals surface area (Å²) in [7, 11) is 0. The Labute approximate surface area is 78.5 Å². The van der Waals surface area contributed by atoms with Crippen LogP contribution in [0.2, 0.25) is 0 Å². The standard InChI is InChI=1S/C10H16N2O/c1-2-10(12-4-1)7-11-6-9-3-5-13-8-9/h1-2,4,9,11-12H,3,5-8H2. The summed E-state index contributed by atoms with van der Waals surface area (Å²) < 4.78 is 5.30. The smallest absolute Gasteiger partial charge is 0.0507 e. The molecule has 0 aliphatic carbocycles. The molecule has 0 aromatic carbocycles. The Balaban J connectivity index is 1.63. The summed E-state index contributed by atoms with van der Waals surface area (Å²) in [6.45, 7) is 3.87. The van der Waals surface area contributed by atoms with Crippen molar-refractivity contribution >= 4 is 0 Å². The van der Waals surface area contributed by atoms with Gasteiger partial charge in [-0.3, -0.25) is 0 Å². The number of ether oxygens (including phenoxy) is 1. The first-order valence-electron chi connectivity index (χ1n) is 4.86. The fourth-order valence-electron chi connectivity index (χ4n) is 1.63. The molecule has 2 heterocycles. The minimum atomic E-state index is 0.718. The van der Waals surface area contributed by atoms with Gasteiger partial charge in [0.15, 0.2) is 0 Å². The van der Waals surface area contributed by atoms with Gasteiger partial charge >= 0.3 is 0 Å². The normalized spacial score (nSPS) is 22.3. The van der Waals surface area contributed by atoms with E-state index >= 15 is 0 Å². The van der Waals surface area contributed by atoms with E-state index in [2.05, 4.69) is 16.4 Å². The topological polar surface area (TPSA) is 37.0 Å². The second-order valence-corrected chi connectivity index (χ2v) is 3.56. The van der Waals surface area contributed by atoms with E-state index in [4.69, 9.17) is 4.74 Å². The third kappa shape index (κ3) is 2.57. The monoisotopic (exact) mass is 180 g/mol. The van der Waals surface area contributed by atoms with Gasteiger partial charge in [-0.05, 0) is 24.5 Å². The van der Waals surface area contributed by atoms with Crippen LogP contribution in [0.4, 0.5) is 0 Å². The lowest BCUT2D eigenvalue weighted by atomic mass is 10.1. The summed E-state index contributed by atoms with van der Waals surface area (Å²) in [6, 6.07) is 4.12. The first kappa shape index (κ1) is 8.78. The predicted octanol–water partition coefficient (Wildman–Crippen LogP) is 1.14. The van der Waals surface area contributed by atoms with Gasteiger partial charge in [0.2, 0.25) is 0 Å². The van der Waals surface area contributed by atoms with Gasteiger partial charge in [-0.15, -0.1) is 0 Å². The molecule has 1 unspecified atom stereocenters. The van der Waals surface area contributed by atoms with Gasteiger partial charge in [-0.2, -0.15) is 0 Å². The van der Waals surface area contributed by atoms with E-state index in [-0.39, 0.29) is 0 Å². The molecule has 1 fully saturated rings. The molecule has 1 aliphatic rings. The Morgan fingerprint density at radius 2 is 2.62 bits per heavy atom. The van der Waals surface area contributed by atoms with E-state index in [1.54, 1.807) is 0 Å². The second kappa shape index (κ2) is 4.44. The van der Waals surface area contributed by atoms with Crippen molar-refractivity contribution < 1.29 is 4.74 Å². The minimum Gasteiger partial charge on any atom is -0.381 e. The molecule has 3 nitrogen and oxygen atoms in total. The Morgan fingerprint density at radius 3 is 3.31 bits per heavy atom. The molecule has 13 heavy (non-hydrogen) atoms. The highest BCUT2D eigenvalue weighted by Crippen LogP contribution is 2.10. The quantitative estimate of drug-likeness (QED) is 0.729. The molecular formula is C10H16N2O. The summed E-state index contributed by atoms with van der Waals surface area (Å²) in [5.41, 5.74) is 1.25. The van der Waals surface area contributed by atoms with Crippen LogP contribution in [-0.4, -0.2) is 24.7 Å². The van der Waals surface area contributed by atoms with Gasteiger partial charge in [0, 0.05) is 31.6 Å². The van der Waals surface area contributed by atoms with Crippen molar-refractivity contribution in [3.8, 4) is 0 Å². The fourth-order valence-corrected chi connectivity index (χ4v) is 1.63. The lowest BCUT2D eigenvalue weighted by molar-refractivity contribution is 0.185. The van der Waals surface area contributed by atoms with Crippen LogP contribution < -0.4 is 5.32 Å². The number of H-pyrrole nitrogens is 1. The third-order valence-electron chi connectivity index (χ3n) is 2.43. The highest BCUT2D eigenvalue weighted by molar-refractivity contribution is 5.02. The van der Waals surface area contributed by atoms with Crippen molar-refractivity contribution in [1.82, 2.24) is 10.3 Å². The van der Waals surface area contributed by atoms with Gasteiger partial charge in [0.25, 0.3) is 0 Å². The zero-order valence-corrected chi connectivity index (χ0v) is 7.75. The number of aromatic amines is 1. The fraction of sp³-hybridized carbons (Fsp3) is 0.600. The molecule has 1 aromatic heterocycles. The lowest BCUT2D eigenvalue weighted by Crippen LogP contribution is -2.22. The number of hydrogen-bond donors (Lipinski definition) is 2. The van der Waals surface area contributed by atoms with Gasteiger partial charge in [0.1, 0.15) is 0 Å². The van der Waals surface area contributed by atoms with Crippen LogP contribution in [0.3, 0.4) is 0 Å². The molecule has 3 heteroatoms. The van der Waals surface area contributed by atoms with E-state index in [1.807, 2.05) is 12.3 Å². The van der Waals surface area contributed by atoms with Gasteiger partial charge in [0.05, 0.1) is 6.61 Å². The molecule has 1 aliphatic heterocycles. The molecule has 2 rings (SSSR count). The van der Waals surface area contributed by atoms with Gasteiger partial charge in [-0.25, -0.2) is 0 Å². The van der Waals surface area contributed by atoms with E-state index in [0.717, 1.165) is 32.2 Å². The van der Waals surface area contributed by atoms with Crippen molar-refractivity contribution in [3.05, 3.63) is 24.0 Å². The van der Waals surface area contributed by atoms with Crippen LogP contribution in [0.15, 0.2) is 18.3 Å². The van der Waals surface area contributed by atoms with Crippen LogP contribution in [0, 0.1) is 5.92 Å². The van der Waals surface area contributed by atoms with Gasteiger partial charge in [-0.1, -0.05) is 0 Å². The summed E-state index contributed by atoms with van der Waals surface area (Å²) in [5, 5.41) is 3.42. The average Bonchev–Trinajstić information content (AvgIpc) is 2.75. The third-order valence-corrected chi connectivity index (χ3v) is 2.43. The molecule has 2 N–H and O–H groups in total. The van der Waals surface area contributed by atoms with Crippen molar-refractivity contribution in [3.63, 3.8) is 0 Å². The van der Waals surface area contributed by atoms with E-state index in [1.165, 1.54) is 12.1 Å². The summed E-state index contributed by atoms with van der Waals surface area (Å²) >= 11 is 0. The highest BCUT2D eigenvalue weighted by Gasteiger charge is 2.14. The summed E-state index contributed by atoms with van der Waals surface area (Å²) in [5.74, 6) is 0.718. The lowest BCUT2D eigenvalue weighted by Gasteiger charge is -2.07. The Bertz CT molecular complexity index is 227. The van der Waals surface area contributed by atoms with Crippen LogP contribution in [0.5, 0.6) is 0 Å². The molecule has 0 spiro atoms. The SMILES string of the molecule is c1c[nH]c(CNCC2CCOC2)c1. The van der Waals surface area contributed by atoms with E-state index in [0.29, 0.717) is 0 Å². The molecule has 72 valence electrons. The minimum absolute atomic E-state index is 0.718. The van der Waals surface area contributed by atoms with Crippen LogP contribution >= 0.6 is 0 Å². The second-order valence-electron chi connectivity index (χ2n) is 3.56. The molecular weight excluding hydrogens is 164 g/mol. The first-order chi connectivity index (χ1) is 6.45. The first-order valence-corrected chi connectivity index (χ1v) is 4.86. The molecule has 1 atom stereocenters. The van der Waals surface area contributed by atoms with Crippen molar-refractivity contribution in [1.29, 1.82) is 0 Å². The van der Waals surface area contributed by atoms with E-state index in [9.17, 15) is 0 Å². The largest absolute Gasteiger partial charge is 0.381 e. The molecule has 0 radical (unpaired) electrons. The zero-order chi connectivity index (χ0) is 8.93. The zero-order valence-electron chi connectivity index (χ0n) is 7.75. The molecule has 1 saturated heterocycles. The van der Waals surface area contributed by atoms with E-state index < -0.39 is 0 Å². The predicted molar refractivity (Wildman–Crippen MR) is 51.4 cm³/mol. The molecule has 0 bridgehead atoms. The molecule has 0 saturated carbocycles. The number of aromatic nitrogens is 1. The van der Waals surface area contributed by atoms with Crippen molar-refractivity contribution in [2.24, 2.45) is 5.92 Å². The average molecular weight is 180 g/mol. The Hall–Kier alpha value is -0.800. The van der Waals surface area contributed by atoms with Gasteiger partial charge < -0.3 is 15.0 Å².